The van der Waals surface area contributed by atoms with Crippen LogP contribution in [0.25, 0.3) is 0 Å². The summed E-state index contributed by atoms with van der Waals surface area (Å²) in [6, 6.07) is 9.11. The van der Waals surface area contributed by atoms with Crippen molar-refractivity contribution in [3.8, 4) is 0 Å². The van der Waals surface area contributed by atoms with Crippen molar-refractivity contribution in [3.63, 3.8) is 0 Å². The van der Waals surface area contributed by atoms with Gasteiger partial charge in [-0.15, -0.1) is 0 Å². The van der Waals surface area contributed by atoms with Gasteiger partial charge >= 0.3 is 0 Å². The van der Waals surface area contributed by atoms with Gasteiger partial charge in [0.05, 0.1) is 0 Å². The van der Waals surface area contributed by atoms with Crippen LogP contribution in [-0.2, 0) is 6.42 Å². The van der Waals surface area contributed by atoms with Gasteiger partial charge in [0.15, 0.2) is 0 Å². The number of hydrazine groups is 1. The highest BCUT2D eigenvalue weighted by atomic mass is 15.2. The summed E-state index contributed by atoms with van der Waals surface area (Å²) in [5, 5.41) is 0. The lowest BCUT2D eigenvalue weighted by Gasteiger charge is -2.18. The van der Waals surface area contributed by atoms with Gasteiger partial charge in [-0.3, -0.25) is 11.3 Å². The second-order valence-electron chi connectivity index (χ2n) is 5.77. The average Bonchev–Trinajstić information content (AvgIpc) is 2.84. The monoisotopic (exact) mass is 218 g/mol. The van der Waals surface area contributed by atoms with E-state index in [-0.39, 0.29) is 0 Å². The Kier molecular flexibility index (Phi) is 3.04. The molecule has 2 nitrogen and oxygen atoms in total. The van der Waals surface area contributed by atoms with Crippen LogP contribution in [0.3, 0.4) is 0 Å². The number of aryl methyl sites for hydroxylation is 1. The Hall–Kier alpha value is -0.860. The van der Waals surface area contributed by atoms with Crippen LogP contribution in [0.4, 0.5) is 0 Å². The molecule has 2 atom stereocenters. The van der Waals surface area contributed by atoms with Crippen molar-refractivity contribution in [2.45, 2.75) is 39.7 Å². The first-order chi connectivity index (χ1) is 7.53. The summed E-state index contributed by atoms with van der Waals surface area (Å²) in [5.74, 6) is 6.39. The zero-order chi connectivity index (χ0) is 11.8. The molecule has 88 valence electrons. The lowest BCUT2D eigenvalue weighted by molar-refractivity contribution is 0.409. The van der Waals surface area contributed by atoms with E-state index in [0.29, 0.717) is 11.5 Å². The number of rotatable bonds is 4. The smallest absolute Gasteiger partial charge is 0.0284 e. The van der Waals surface area contributed by atoms with Gasteiger partial charge in [-0.05, 0) is 36.7 Å². The van der Waals surface area contributed by atoms with Crippen molar-refractivity contribution in [1.29, 1.82) is 0 Å². The fourth-order valence-corrected chi connectivity index (χ4v) is 2.61. The molecule has 0 bridgehead atoms. The maximum atomic E-state index is 5.67. The summed E-state index contributed by atoms with van der Waals surface area (Å²) in [6.07, 6.45) is 2.32. The van der Waals surface area contributed by atoms with Crippen LogP contribution in [0.5, 0.6) is 0 Å². The van der Waals surface area contributed by atoms with Gasteiger partial charge in [0.2, 0.25) is 0 Å². The molecule has 0 aromatic heterocycles. The van der Waals surface area contributed by atoms with E-state index in [9.17, 15) is 0 Å². The number of hydrogen-bond donors (Lipinski definition) is 2. The number of nitrogens with two attached hydrogens (primary N) is 1. The maximum Gasteiger partial charge on any atom is 0.0284 e. The summed E-state index contributed by atoms with van der Waals surface area (Å²) in [6.45, 7) is 6.77. The molecule has 0 heterocycles. The van der Waals surface area contributed by atoms with Crippen LogP contribution in [0, 0.1) is 18.3 Å². The zero-order valence-electron chi connectivity index (χ0n) is 10.5. The van der Waals surface area contributed by atoms with Crippen molar-refractivity contribution in [3.05, 3.63) is 35.4 Å². The van der Waals surface area contributed by atoms with E-state index < -0.39 is 0 Å². The lowest BCUT2D eigenvalue weighted by atomic mass is 9.97. The highest BCUT2D eigenvalue weighted by Gasteiger charge is 2.49. The highest BCUT2D eigenvalue weighted by molar-refractivity contribution is 5.23. The SMILES string of the molecule is Cc1cccc(CC(NN)C2CC2(C)C)c1. The van der Waals surface area contributed by atoms with Crippen LogP contribution in [-0.4, -0.2) is 6.04 Å². The molecule has 2 rings (SSSR count). The first-order valence-corrected chi connectivity index (χ1v) is 6.04. The molecule has 2 unspecified atom stereocenters. The highest BCUT2D eigenvalue weighted by Crippen LogP contribution is 2.53. The minimum atomic E-state index is 0.414. The van der Waals surface area contributed by atoms with Gasteiger partial charge in [-0.1, -0.05) is 43.7 Å². The molecule has 1 aliphatic rings. The topological polar surface area (TPSA) is 38.0 Å². The number of benzene rings is 1. The molecule has 1 aromatic rings. The Bertz CT molecular complexity index is 371. The molecular formula is C14H22N2. The zero-order valence-corrected chi connectivity index (χ0v) is 10.5. The van der Waals surface area contributed by atoms with Crippen molar-refractivity contribution in [1.82, 2.24) is 5.43 Å². The molecule has 0 spiro atoms. The minimum absolute atomic E-state index is 0.414. The largest absolute Gasteiger partial charge is 0.271 e. The summed E-state index contributed by atoms with van der Waals surface area (Å²) in [5.41, 5.74) is 6.16. The molecule has 2 heteroatoms. The Balaban J connectivity index is 2.03. The van der Waals surface area contributed by atoms with E-state index in [0.717, 1.165) is 12.3 Å². The van der Waals surface area contributed by atoms with Gasteiger partial charge in [0.1, 0.15) is 0 Å². The van der Waals surface area contributed by atoms with Crippen LogP contribution >= 0.6 is 0 Å². The standard InChI is InChI=1S/C14H22N2/c1-10-5-4-6-11(7-10)8-13(16-15)12-9-14(12,2)3/h4-7,12-13,16H,8-9,15H2,1-3H3. The Labute approximate surface area is 98.2 Å². The minimum Gasteiger partial charge on any atom is -0.271 e. The normalized spacial score (nSPS) is 24.1. The molecule has 1 fully saturated rings. The molecule has 1 aliphatic carbocycles. The molecule has 0 aliphatic heterocycles. The van der Waals surface area contributed by atoms with Gasteiger partial charge in [-0.25, -0.2) is 0 Å². The van der Waals surface area contributed by atoms with Crippen molar-refractivity contribution in [2.75, 3.05) is 0 Å². The van der Waals surface area contributed by atoms with Crippen LogP contribution < -0.4 is 11.3 Å². The summed E-state index contributed by atoms with van der Waals surface area (Å²) in [7, 11) is 0. The van der Waals surface area contributed by atoms with Crippen molar-refractivity contribution < 1.29 is 0 Å². The quantitative estimate of drug-likeness (QED) is 0.601. The van der Waals surface area contributed by atoms with Gasteiger partial charge in [0, 0.05) is 6.04 Å². The maximum absolute atomic E-state index is 5.67. The second kappa shape index (κ2) is 4.19. The fraction of sp³-hybridized carbons (Fsp3) is 0.571. The molecule has 0 saturated heterocycles. The average molecular weight is 218 g/mol. The van der Waals surface area contributed by atoms with Crippen molar-refractivity contribution in [2.24, 2.45) is 17.2 Å². The van der Waals surface area contributed by atoms with Gasteiger partial charge < -0.3 is 0 Å². The first kappa shape index (κ1) is 11.6. The Morgan fingerprint density at radius 3 is 2.69 bits per heavy atom. The van der Waals surface area contributed by atoms with Crippen LogP contribution in [0.1, 0.15) is 31.4 Å². The molecule has 16 heavy (non-hydrogen) atoms. The molecular weight excluding hydrogens is 196 g/mol. The Morgan fingerprint density at radius 1 is 1.50 bits per heavy atom. The predicted molar refractivity (Wildman–Crippen MR) is 67.9 cm³/mol. The van der Waals surface area contributed by atoms with E-state index in [4.69, 9.17) is 5.84 Å². The van der Waals surface area contributed by atoms with Gasteiger partial charge in [0.25, 0.3) is 0 Å². The summed E-state index contributed by atoms with van der Waals surface area (Å²) in [4.78, 5) is 0. The number of hydrogen-bond acceptors (Lipinski definition) is 2. The molecule has 1 saturated carbocycles. The van der Waals surface area contributed by atoms with Gasteiger partial charge in [-0.2, -0.15) is 0 Å². The van der Waals surface area contributed by atoms with E-state index in [1.807, 2.05) is 0 Å². The number of nitrogens with one attached hydrogen (secondary N) is 1. The van der Waals surface area contributed by atoms with E-state index in [1.54, 1.807) is 0 Å². The molecule has 0 radical (unpaired) electrons. The molecule has 0 amide bonds. The third-order valence-corrected chi connectivity index (χ3v) is 3.83. The fourth-order valence-electron chi connectivity index (χ4n) is 2.61. The summed E-state index contributed by atoms with van der Waals surface area (Å²) >= 11 is 0. The predicted octanol–water partition coefficient (Wildman–Crippen LogP) is 2.42. The lowest BCUT2D eigenvalue weighted by Crippen LogP contribution is -2.39. The second-order valence-corrected chi connectivity index (χ2v) is 5.77. The first-order valence-electron chi connectivity index (χ1n) is 6.04. The van der Waals surface area contributed by atoms with E-state index >= 15 is 0 Å². The molecule has 1 aromatic carbocycles. The van der Waals surface area contributed by atoms with Crippen LogP contribution in [0.15, 0.2) is 24.3 Å². The van der Waals surface area contributed by atoms with Crippen molar-refractivity contribution >= 4 is 0 Å². The molecule has 3 N–H and O–H groups in total. The van der Waals surface area contributed by atoms with Crippen LogP contribution in [0.2, 0.25) is 0 Å². The summed E-state index contributed by atoms with van der Waals surface area (Å²) < 4.78 is 0. The third kappa shape index (κ3) is 2.45. The third-order valence-electron chi connectivity index (χ3n) is 3.83. The van der Waals surface area contributed by atoms with E-state index in [2.05, 4.69) is 50.5 Å². The van der Waals surface area contributed by atoms with E-state index in [1.165, 1.54) is 17.5 Å². The Morgan fingerprint density at radius 2 is 2.19 bits per heavy atom.